The Kier molecular flexibility index (Phi) is 3.65. The lowest BCUT2D eigenvalue weighted by Crippen LogP contribution is -2.26. The maximum absolute atomic E-state index is 12.2. The van der Waals surface area contributed by atoms with Gasteiger partial charge in [-0.25, -0.2) is 5.48 Å². The normalized spacial score (nSPS) is 12.9. The lowest BCUT2D eigenvalue weighted by molar-refractivity contribution is 0.00533. The summed E-state index contributed by atoms with van der Waals surface area (Å²) >= 11 is 5.95. The highest BCUT2D eigenvalue weighted by Crippen LogP contribution is 2.23. The Bertz CT molecular complexity index is 594. The molecule has 2 rings (SSSR count). The summed E-state index contributed by atoms with van der Waals surface area (Å²) in [7, 11) is 3.40. The first kappa shape index (κ1) is 13.0. The molecule has 0 saturated heterocycles. The molecule has 0 amide bonds. The maximum Gasteiger partial charge on any atom is 0.214 e. The minimum Gasteiger partial charge on any atom is -0.291 e. The maximum atomic E-state index is 12.2. The second-order valence-corrected chi connectivity index (χ2v) is 4.40. The Balaban J connectivity index is 2.51. The van der Waals surface area contributed by atoms with Gasteiger partial charge in [0, 0.05) is 24.5 Å². The number of carbonyl (C=O) groups excluding carboxylic acids is 1. The molecule has 96 valence electrons. The minimum absolute atomic E-state index is 0.183. The van der Waals surface area contributed by atoms with Crippen molar-refractivity contribution >= 4 is 28.3 Å². The molecule has 0 aliphatic heterocycles. The van der Waals surface area contributed by atoms with Crippen LogP contribution < -0.4 is 5.48 Å². The van der Waals surface area contributed by atoms with E-state index in [-0.39, 0.29) is 5.78 Å². The third kappa shape index (κ3) is 2.25. The summed E-state index contributed by atoms with van der Waals surface area (Å²) in [4.78, 5) is 17.3. The molecule has 6 heteroatoms. The number of carbonyl (C=O) groups is 1. The van der Waals surface area contributed by atoms with Gasteiger partial charge in [0.25, 0.3) is 0 Å². The average Bonchev–Trinajstić information content (AvgIpc) is 2.65. The first-order valence-corrected chi connectivity index (χ1v) is 5.91. The number of aryl methyl sites for hydroxylation is 1. The molecular weight excluding hydrogens is 254 g/mol. The molecule has 18 heavy (non-hydrogen) atoms. The number of nitrogens with one attached hydrogen (secondary N) is 1. The van der Waals surface area contributed by atoms with E-state index in [2.05, 4.69) is 10.6 Å². The fourth-order valence-corrected chi connectivity index (χ4v) is 2.01. The van der Waals surface area contributed by atoms with Crippen molar-refractivity contribution in [2.45, 2.75) is 13.0 Å². The van der Waals surface area contributed by atoms with Crippen LogP contribution in [0.1, 0.15) is 17.4 Å². The van der Waals surface area contributed by atoms with Gasteiger partial charge in [-0.2, -0.15) is 5.10 Å². The quantitative estimate of drug-likeness (QED) is 0.680. The summed E-state index contributed by atoms with van der Waals surface area (Å²) in [5, 5.41) is 5.55. The number of Topliss-reactive ketones (excluding diaryl/α,β-unsaturated/α-hetero) is 1. The van der Waals surface area contributed by atoms with E-state index >= 15 is 0 Å². The van der Waals surface area contributed by atoms with Gasteiger partial charge in [-0.05, 0) is 25.1 Å². The van der Waals surface area contributed by atoms with E-state index in [9.17, 15) is 4.79 Å². The third-order valence-electron chi connectivity index (χ3n) is 2.71. The van der Waals surface area contributed by atoms with E-state index in [0.717, 1.165) is 10.9 Å². The molecule has 1 heterocycles. The number of hydrogen-bond acceptors (Lipinski definition) is 4. The van der Waals surface area contributed by atoms with Gasteiger partial charge in [0.15, 0.2) is 0 Å². The van der Waals surface area contributed by atoms with Crippen LogP contribution in [0.5, 0.6) is 0 Å². The Morgan fingerprint density at radius 3 is 2.94 bits per heavy atom. The molecule has 0 bridgehead atoms. The van der Waals surface area contributed by atoms with Gasteiger partial charge in [0.2, 0.25) is 5.78 Å². The van der Waals surface area contributed by atoms with Gasteiger partial charge in [-0.3, -0.25) is 14.3 Å². The molecule has 0 aliphatic carbocycles. The molecule has 0 radical (unpaired) electrons. The molecule has 1 N–H and O–H groups in total. The van der Waals surface area contributed by atoms with Crippen LogP contribution in [0.3, 0.4) is 0 Å². The van der Waals surface area contributed by atoms with Crippen LogP contribution in [0.2, 0.25) is 5.02 Å². The monoisotopic (exact) mass is 267 g/mol. The number of hydrogen-bond donors (Lipinski definition) is 1. The van der Waals surface area contributed by atoms with Crippen LogP contribution in [0.25, 0.3) is 10.9 Å². The molecule has 1 aromatic heterocycles. The topological polar surface area (TPSA) is 56.1 Å². The molecule has 0 aliphatic rings. The van der Waals surface area contributed by atoms with Gasteiger partial charge >= 0.3 is 0 Å². The van der Waals surface area contributed by atoms with E-state index in [1.54, 1.807) is 37.8 Å². The van der Waals surface area contributed by atoms with Gasteiger partial charge in [0.05, 0.1) is 5.52 Å². The summed E-state index contributed by atoms with van der Waals surface area (Å²) in [5.74, 6) is -0.183. The zero-order valence-corrected chi connectivity index (χ0v) is 11.2. The van der Waals surface area contributed by atoms with Crippen LogP contribution >= 0.6 is 11.6 Å². The van der Waals surface area contributed by atoms with Crippen molar-refractivity contribution in [3.05, 3.63) is 28.9 Å². The zero-order valence-electron chi connectivity index (χ0n) is 10.4. The van der Waals surface area contributed by atoms with Gasteiger partial charge in [0.1, 0.15) is 11.8 Å². The van der Waals surface area contributed by atoms with Gasteiger partial charge < -0.3 is 0 Å². The zero-order chi connectivity index (χ0) is 13.3. The second kappa shape index (κ2) is 5.06. The minimum atomic E-state index is -0.605. The number of fused-ring (bicyclic) bond motifs is 1. The Morgan fingerprint density at radius 1 is 1.56 bits per heavy atom. The van der Waals surface area contributed by atoms with E-state index in [1.165, 1.54) is 0 Å². The van der Waals surface area contributed by atoms with Crippen LogP contribution in [0, 0.1) is 0 Å². The number of aromatic nitrogens is 2. The van der Waals surface area contributed by atoms with Crippen molar-refractivity contribution in [1.82, 2.24) is 15.3 Å². The Morgan fingerprint density at radius 2 is 2.28 bits per heavy atom. The van der Waals surface area contributed by atoms with Crippen LogP contribution in [0.4, 0.5) is 0 Å². The largest absolute Gasteiger partial charge is 0.291 e. The Hall–Kier alpha value is -1.43. The number of hydroxylamine groups is 1. The number of rotatable bonds is 4. The molecular formula is C12H14ClN3O2. The van der Waals surface area contributed by atoms with E-state index in [1.807, 2.05) is 6.07 Å². The first-order chi connectivity index (χ1) is 8.54. The average molecular weight is 268 g/mol. The van der Waals surface area contributed by atoms with Crippen LogP contribution in [-0.4, -0.2) is 28.7 Å². The highest BCUT2D eigenvalue weighted by atomic mass is 35.5. The summed E-state index contributed by atoms with van der Waals surface area (Å²) in [6, 6.07) is 5.35. The van der Waals surface area contributed by atoms with Crippen molar-refractivity contribution in [2.75, 3.05) is 7.05 Å². The number of ketones is 1. The predicted octanol–water partition coefficient (Wildman–Crippen LogP) is 1.95. The molecule has 1 unspecified atom stereocenters. The first-order valence-electron chi connectivity index (χ1n) is 5.53. The molecule has 0 fully saturated rings. The lowest BCUT2D eigenvalue weighted by Gasteiger charge is -2.08. The van der Waals surface area contributed by atoms with Crippen molar-refractivity contribution in [3.63, 3.8) is 0 Å². The molecule has 5 nitrogen and oxygen atoms in total. The third-order valence-corrected chi connectivity index (χ3v) is 2.94. The number of benzene rings is 1. The van der Waals surface area contributed by atoms with E-state index in [0.29, 0.717) is 10.7 Å². The predicted molar refractivity (Wildman–Crippen MR) is 69.7 cm³/mol. The Labute approximate surface area is 110 Å². The van der Waals surface area contributed by atoms with Crippen LogP contribution in [0.15, 0.2) is 18.2 Å². The van der Waals surface area contributed by atoms with E-state index in [4.69, 9.17) is 16.4 Å². The van der Waals surface area contributed by atoms with Gasteiger partial charge in [-0.15, -0.1) is 0 Å². The highest BCUT2D eigenvalue weighted by Gasteiger charge is 2.22. The molecule has 0 saturated carbocycles. The summed E-state index contributed by atoms with van der Waals surface area (Å²) in [5.41, 5.74) is 3.74. The fraction of sp³-hybridized carbons (Fsp3) is 0.333. The molecule has 2 aromatic rings. The molecule has 1 atom stereocenters. The fourth-order valence-electron chi connectivity index (χ4n) is 1.84. The number of nitrogens with zero attached hydrogens (tertiary/aromatic N) is 2. The summed E-state index contributed by atoms with van der Waals surface area (Å²) in [6.45, 7) is 1.67. The SMILES string of the molecule is CNOC(C)C(=O)c1nn(C)c2ccc(Cl)cc12. The highest BCUT2D eigenvalue weighted by molar-refractivity contribution is 6.31. The summed E-state index contributed by atoms with van der Waals surface area (Å²) in [6.07, 6.45) is -0.605. The van der Waals surface area contributed by atoms with Crippen molar-refractivity contribution in [3.8, 4) is 0 Å². The number of halogens is 1. The summed E-state index contributed by atoms with van der Waals surface area (Å²) < 4.78 is 1.66. The van der Waals surface area contributed by atoms with Crippen LogP contribution in [-0.2, 0) is 11.9 Å². The smallest absolute Gasteiger partial charge is 0.214 e. The lowest BCUT2D eigenvalue weighted by atomic mass is 10.1. The van der Waals surface area contributed by atoms with Crippen molar-refractivity contribution < 1.29 is 9.63 Å². The van der Waals surface area contributed by atoms with Crippen molar-refractivity contribution in [2.24, 2.45) is 7.05 Å². The van der Waals surface area contributed by atoms with Gasteiger partial charge in [-0.1, -0.05) is 11.6 Å². The standard InChI is InChI=1S/C12H14ClN3O2/c1-7(18-14-2)12(17)11-9-6-8(13)4-5-10(9)16(3)15-11/h4-7,14H,1-3H3. The molecule has 0 spiro atoms. The second-order valence-electron chi connectivity index (χ2n) is 3.96. The molecule has 1 aromatic carbocycles. The van der Waals surface area contributed by atoms with Crippen molar-refractivity contribution in [1.29, 1.82) is 0 Å². The van der Waals surface area contributed by atoms with E-state index < -0.39 is 6.10 Å².